The first kappa shape index (κ1) is 17.1. The van der Waals surface area contributed by atoms with Crippen LogP contribution >= 0.6 is 0 Å². The van der Waals surface area contributed by atoms with Crippen molar-refractivity contribution in [3.63, 3.8) is 0 Å². The number of carbonyl (C=O) groups excluding carboxylic acids is 1. The average Bonchev–Trinajstić information content (AvgIpc) is 2.54. The molecule has 2 rings (SSSR count). The van der Waals surface area contributed by atoms with Crippen LogP contribution in [0.25, 0.3) is 0 Å². The molecule has 3 N–H and O–H groups in total. The number of sulfonamides is 1. The van der Waals surface area contributed by atoms with Crippen molar-refractivity contribution in [1.82, 2.24) is 4.89 Å². The molecule has 2 aromatic rings. The highest BCUT2D eigenvalue weighted by atomic mass is 32.2. The van der Waals surface area contributed by atoms with E-state index in [4.69, 9.17) is 5.73 Å². The summed E-state index contributed by atoms with van der Waals surface area (Å²) in [6.07, 6.45) is 0.256. The Hall–Kier alpha value is -2.22. The summed E-state index contributed by atoms with van der Waals surface area (Å²) in [6.45, 7) is 1.84. The number of carbonyl (C=O) groups is 1. The van der Waals surface area contributed by atoms with Gasteiger partial charge in [0, 0.05) is 0 Å². The molecule has 0 bridgehead atoms. The van der Waals surface area contributed by atoms with Gasteiger partial charge in [-0.1, -0.05) is 48.0 Å². The molecule has 0 aliphatic rings. The lowest BCUT2D eigenvalue weighted by Gasteiger charge is -2.12. The molecular formula is C16H18N2O4S. The normalized spacial score (nSPS) is 12.6. The molecule has 0 fully saturated rings. The Balaban J connectivity index is 1.94. The van der Waals surface area contributed by atoms with Crippen LogP contribution in [0.15, 0.2) is 59.5 Å². The second-order valence-electron chi connectivity index (χ2n) is 5.12. The minimum Gasteiger partial charge on any atom is -0.354 e. The van der Waals surface area contributed by atoms with Crippen LogP contribution < -0.4 is 10.6 Å². The Morgan fingerprint density at radius 3 is 2.35 bits per heavy atom. The van der Waals surface area contributed by atoms with E-state index < -0.39 is 22.0 Å². The second kappa shape index (κ2) is 7.36. The van der Waals surface area contributed by atoms with Crippen LogP contribution in [0.4, 0.5) is 0 Å². The van der Waals surface area contributed by atoms with Crippen molar-refractivity contribution in [3.05, 3.63) is 65.7 Å². The van der Waals surface area contributed by atoms with Gasteiger partial charge in [0.25, 0.3) is 10.0 Å². The molecule has 7 heteroatoms. The summed E-state index contributed by atoms with van der Waals surface area (Å²) in [5.74, 6) is -0.843. The lowest BCUT2D eigenvalue weighted by molar-refractivity contribution is -0.148. The lowest BCUT2D eigenvalue weighted by atomic mass is 10.1. The predicted octanol–water partition coefficient (Wildman–Crippen LogP) is 1.30. The van der Waals surface area contributed by atoms with Gasteiger partial charge in [-0.3, -0.25) is 0 Å². The van der Waals surface area contributed by atoms with Crippen molar-refractivity contribution < 1.29 is 18.0 Å². The molecule has 1 atom stereocenters. The molecule has 122 valence electrons. The van der Waals surface area contributed by atoms with Gasteiger partial charge in [-0.05, 0) is 35.9 Å². The van der Waals surface area contributed by atoms with Crippen LogP contribution in [0, 0.1) is 6.92 Å². The van der Waals surface area contributed by atoms with Crippen molar-refractivity contribution in [2.24, 2.45) is 5.73 Å². The maximum atomic E-state index is 12.0. The van der Waals surface area contributed by atoms with Crippen LogP contribution in [-0.2, 0) is 26.1 Å². The van der Waals surface area contributed by atoms with Crippen LogP contribution in [-0.4, -0.2) is 20.4 Å². The quantitative estimate of drug-likeness (QED) is 0.776. The molecule has 0 saturated heterocycles. The standard InChI is InChI=1S/C16H18N2O4S/c1-12-7-9-14(10-8-12)23(20,21)18-22-16(19)15(17)11-13-5-3-2-4-6-13/h2-10,15,18H,11,17H2,1H3/t15-/m0/s1. The maximum absolute atomic E-state index is 12.0. The van der Waals surface area contributed by atoms with E-state index >= 15 is 0 Å². The van der Waals surface area contributed by atoms with Crippen molar-refractivity contribution in [2.45, 2.75) is 24.3 Å². The van der Waals surface area contributed by atoms with E-state index in [0.29, 0.717) is 0 Å². The molecule has 0 amide bonds. The summed E-state index contributed by atoms with van der Waals surface area (Å²) in [6, 6.07) is 14.3. The second-order valence-corrected chi connectivity index (χ2v) is 6.76. The molecule has 0 spiro atoms. The number of rotatable bonds is 6. The Kier molecular flexibility index (Phi) is 5.49. The fourth-order valence-electron chi connectivity index (χ4n) is 1.89. The molecule has 6 nitrogen and oxygen atoms in total. The smallest absolute Gasteiger partial charge is 0.343 e. The summed E-state index contributed by atoms with van der Waals surface area (Å²) >= 11 is 0. The van der Waals surface area contributed by atoms with Gasteiger partial charge in [-0.15, -0.1) is 0 Å². The summed E-state index contributed by atoms with van der Waals surface area (Å²) in [5, 5.41) is 0. The van der Waals surface area contributed by atoms with E-state index in [9.17, 15) is 13.2 Å². The van der Waals surface area contributed by atoms with Crippen molar-refractivity contribution in [3.8, 4) is 0 Å². The van der Waals surface area contributed by atoms with Crippen molar-refractivity contribution in [1.29, 1.82) is 0 Å². The van der Waals surface area contributed by atoms with E-state index in [0.717, 1.165) is 11.1 Å². The first-order valence-electron chi connectivity index (χ1n) is 6.97. The summed E-state index contributed by atoms with van der Waals surface area (Å²) in [7, 11) is -3.93. The van der Waals surface area contributed by atoms with Gasteiger partial charge in [0.1, 0.15) is 6.04 Å². The number of hydrogen-bond acceptors (Lipinski definition) is 5. The Bertz CT molecular complexity index is 758. The minimum atomic E-state index is -3.93. The van der Waals surface area contributed by atoms with Crippen LogP contribution in [0.3, 0.4) is 0 Å². The summed E-state index contributed by atoms with van der Waals surface area (Å²) < 4.78 is 24.0. The molecule has 0 aromatic heterocycles. The molecule has 0 heterocycles. The minimum absolute atomic E-state index is 0.00697. The summed E-state index contributed by atoms with van der Waals surface area (Å²) in [5.41, 5.74) is 7.51. The van der Waals surface area contributed by atoms with Gasteiger partial charge in [-0.2, -0.15) is 0 Å². The largest absolute Gasteiger partial charge is 0.354 e. The van der Waals surface area contributed by atoms with E-state index in [2.05, 4.69) is 4.84 Å². The maximum Gasteiger partial charge on any atom is 0.343 e. The Morgan fingerprint density at radius 2 is 1.74 bits per heavy atom. The van der Waals surface area contributed by atoms with Gasteiger partial charge in [0.05, 0.1) is 4.90 Å². The molecular weight excluding hydrogens is 316 g/mol. The van der Waals surface area contributed by atoms with Crippen LogP contribution in [0.1, 0.15) is 11.1 Å². The third-order valence-corrected chi connectivity index (χ3v) is 4.38. The van der Waals surface area contributed by atoms with E-state index in [1.807, 2.05) is 37.3 Å². The number of aryl methyl sites for hydroxylation is 1. The van der Waals surface area contributed by atoms with Crippen molar-refractivity contribution >= 4 is 16.0 Å². The first-order valence-corrected chi connectivity index (χ1v) is 8.45. The Labute approximate surface area is 135 Å². The highest BCUT2D eigenvalue weighted by molar-refractivity contribution is 7.89. The SMILES string of the molecule is Cc1ccc(S(=O)(=O)NOC(=O)[C@@H](N)Cc2ccccc2)cc1. The fraction of sp³-hybridized carbons (Fsp3) is 0.188. The summed E-state index contributed by atoms with van der Waals surface area (Å²) in [4.78, 5) is 18.2. The molecule has 0 aliphatic carbocycles. The molecule has 0 aliphatic heterocycles. The van der Waals surface area contributed by atoms with E-state index in [1.54, 1.807) is 17.0 Å². The molecule has 0 radical (unpaired) electrons. The number of nitrogens with two attached hydrogens (primary N) is 1. The number of hydrogen-bond donors (Lipinski definition) is 2. The lowest BCUT2D eigenvalue weighted by Crippen LogP contribution is -2.39. The zero-order chi connectivity index (χ0) is 16.9. The fourth-order valence-corrected chi connectivity index (χ4v) is 2.67. The zero-order valence-corrected chi connectivity index (χ0v) is 13.4. The van der Waals surface area contributed by atoms with Gasteiger partial charge in [-0.25, -0.2) is 13.2 Å². The zero-order valence-electron chi connectivity index (χ0n) is 12.6. The highest BCUT2D eigenvalue weighted by Gasteiger charge is 2.20. The first-order chi connectivity index (χ1) is 10.9. The molecule has 0 unspecified atom stereocenters. The van der Waals surface area contributed by atoms with Gasteiger partial charge < -0.3 is 10.6 Å². The number of benzene rings is 2. The van der Waals surface area contributed by atoms with Crippen LogP contribution in [0.5, 0.6) is 0 Å². The Morgan fingerprint density at radius 1 is 1.13 bits per heavy atom. The third kappa shape index (κ3) is 4.88. The highest BCUT2D eigenvalue weighted by Crippen LogP contribution is 2.10. The molecule has 2 aromatic carbocycles. The molecule has 23 heavy (non-hydrogen) atoms. The van der Waals surface area contributed by atoms with E-state index in [1.165, 1.54) is 12.1 Å². The third-order valence-electron chi connectivity index (χ3n) is 3.18. The van der Waals surface area contributed by atoms with Gasteiger partial charge in [0.15, 0.2) is 0 Å². The monoisotopic (exact) mass is 334 g/mol. The predicted molar refractivity (Wildman–Crippen MR) is 85.7 cm³/mol. The van der Waals surface area contributed by atoms with Gasteiger partial charge in [0.2, 0.25) is 0 Å². The average molecular weight is 334 g/mol. The van der Waals surface area contributed by atoms with E-state index in [-0.39, 0.29) is 11.3 Å². The topological polar surface area (TPSA) is 98.5 Å². The molecule has 0 saturated carbocycles. The number of nitrogens with one attached hydrogen (secondary N) is 1. The van der Waals surface area contributed by atoms with Crippen molar-refractivity contribution in [2.75, 3.05) is 0 Å². The van der Waals surface area contributed by atoms with Crippen LogP contribution in [0.2, 0.25) is 0 Å². The van der Waals surface area contributed by atoms with Gasteiger partial charge >= 0.3 is 5.97 Å².